The van der Waals surface area contributed by atoms with Crippen molar-refractivity contribution in [3.05, 3.63) is 36.2 Å². The molecule has 0 aliphatic carbocycles. The molecule has 2 rings (SSSR count). The summed E-state index contributed by atoms with van der Waals surface area (Å²) in [5, 5.41) is 12.8. The standard InChI is InChI=1S/C14H15N5O5/c1-2-23-14(22)10-3-5-11(6-4-10)16-12(20)8-24-13(21)7-19-9-15-17-18-19/h3-6,9H,2,7-8H2,1H3,(H,16,20). The maximum atomic E-state index is 11.7. The Morgan fingerprint density at radius 1 is 1.17 bits per heavy atom. The molecule has 126 valence electrons. The lowest BCUT2D eigenvalue weighted by Gasteiger charge is -2.07. The number of carbonyl (C=O) groups excluding carboxylic acids is 3. The van der Waals surface area contributed by atoms with Crippen LogP contribution in [0.1, 0.15) is 17.3 Å². The first kappa shape index (κ1) is 17.1. The zero-order valence-corrected chi connectivity index (χ0v) is 12.8. The first-order valence-electron chi connectivity index (χ1n) is 7.02. The van der Waals surface area contributed by atoms with Gasteiger partial charge >= 0.3 is 11.9 Å². The third kappa shape index (κ3) is 5.16. The predicted octanol–water partition coefficient (Wildman–Crippen LogP) is 0.0317. The molecule has 0 aliphatic rings. The van der Waals surface area contributed by atoms with Gasteiger partial charge in [0.1, 0.15) is 12.9 Å². The van der Waals surface area contributed by atoms with Crippen molar-refractivity contribution in [3.8, 4) is 0 Å². The van der Waals surface area contributed by atoms with Crippen LogP contribution in [0.2, 0.25) is 0 Å². The number of benzene rings is 1. The predicted molar refractivity (Wildman–Crippen MR) is 79.8 cm³/mol. The van der Waals surface area contributed by atoms with E-state index in [4.69, 9.17) is 9.47 Å². The number of aromatic nitrogens is 4. The Kier molecular flexibility index (Phi) is 5.95. The van der Waals surface area contributed by atoms with Gasteiger partial charge in [-0.25, -0.2) is 9.48 Å². The summed E-state index contributed by atoms with van der Waals surface area (Å²) < 4.78 is 10.8. The van der Waals surface area contributed by atoms with Crippen LogP contribution < -0.4 is 5.32 Å². The molecule has 0 fully saturated rings. The van der Waals surface area contributed by atoms with Crippen LogP contribution >= 0.6 is 0 Å². The van der Waals surface area contributed by atoms with Gasteiger partial charge in [-0.15, -0.1) is 5.10 Å². The molecule has 2 aromatic rings. The third-order valence-electron chi connectivity index (χ3n) is 2.73. The van der Waals surface area contributed by atoms with Gasteiger partial charge in [-0.3, -0.25) is 9.59 Å². The van der Waals surface area contributed by atoms with E-state index in [9.17, 15) is 14.4 Å². The number of esters is 2. The van der Waals surface area contributed by atoms with Gasteiger partial charge in [0.25, 0.3) is 5.91 Å². The normalized spacial score (nSPS) is 10.0. The van der Waals surface area contributed by atoms with Crippen LogP contribution in [-0.2, 0) is 25.6 Å². The van der Waals surface area contributed by atoms with E-state index < -0.39 is 24.5 Å². The fourth-order valence-electron chi connectivity index (χ4n) is 1.68. The lowest BCUT2D eigenvalue weighted by Crippen LogP contribution is -2.23. The first-order chi connectivity index (χ1) is 11.6. The smallest absolute Gasteiger partial charge is 0.338 e. The van der Waals surface area contributed by atoms with E-state index in [2.05, 4.69) is 20.8 Å². The Bertz CT molecular complexity index is 699. The maximum Gasteiger partial charge on any atom is 0.338 e. The molecule has 1 amide bonds. The number of nitrogens with one attached hydrogen (secondary N) is 1. The van der Waals surface area contributed by atoms with Crippen molar-refractivity contribution in [3.63, 3.8) is 0 Å². The molecule has 0 radical (unpaired) electrons. The highest BCUT2D eigenvalue weighted by Crippen LogP contribution is 2.10. The summed E-state index contributed by atoms with van der Waals surface area (Å²) in [4.78, 5) is 34.7. The number of amides is 1. The zero-order valence-electron chi connectivity index (χ0n) is 12.8. The van der Waals surface area contributed by atoms with Crippen LogP contribution in [0.15, 0.2) is 30.6 Å². The summed E-state index contributed by atoms with van der Waals surface area (Å²) in [6.45, 7) is 1.37. The van der Waals surface area contributed by atoms with E-state index >= 15 is 0 Å². The molecule has 0 spiro atoms. The first-order valence-corrected chi connectivity index (χ1v) is 7.02. The maximum absolute atomic E-state index is 11.7. The second-order valence-electron chi connectivity index (χ2n) is 4.51. The second kappa shape index (κ2) is 8.36. The van der Waals surface area contributed by atoms with Crippen LogP contribution in [-0.4, -0.2) is 51.3 Å². The van der Waals surface area contributed by atoms with Crippen molar-refractivity contribution in [1.82, 2.24) is 20.2 Å². The fraction of sp³-hybridized carbons (Fsp3) is 0.286. The van der Waals surface area contributed by atoms with Crippen LogP contribution in [0.25, 0.3) is 0 Å². The van der Waals surface area contributed by atoms with Gasteiger partial charge < -0.3 is 14.8 Å². The monoisotopic (exact) mass is 333 g/mol. The fourth-order valence-corrected chi connectivity index (χ4v) is 1.68. The Labute approximate surface area is 136 Å². The number of ether oxygens (including phenoxy) is 2. The number of tetrazole rings is 1. The molecule has 0 unspecified atom stereocenters. The van der Waals surface area contributed by atoms with Gasteiger partial charge in [0, 0.05) is 5.69 Å². The average Bonchev–Trinajstić information content (AvgIpc) is 3.07. The molecule has 1 N–H and O–H groups in total. The summed E-state index contributed by atoms with van der Waals surface area (Å²) in [5.41, 5.74) is 0.840. The molecule has 24 heavy (non-hydrogen) atoms. The molecule has 1 heterocycles. The van der Waals surface area contributed by atoms with E-state index in [0.717, 1.165) is 0 Å². The average molecular weight is 333 g/mol. The molecule has 0 saturated heterocycles. The number of rotatable bonds is 7. The van der Waals surface area contributed by atoms with E-state index in [1.54, 1.807) is 19.1 Å². The summed E-state index contributed by atoms with van der Waals surface area (Å²) >= 11 is 0. The summed E-state index contributed by atoms with van der Waals surface area (Å²) in [6.07, 6.45) is 1.26. The quantitative estimate of drug-likeness (QED) is 0.704. The summed E-state index contributed by atoms with van der Waals surface area (Å²) in [7, 11) is 0. The lowest BCUT2D eigenvalue weighted by molar-refractivity contribution is -0.148. The van der Waals surface area contributed by atoms with Gasteiger partial charge in [0.15, 0.2) is 6.61 Å². The van der Waals surface area contributed by atoms with Gasteiger partial charge in [0.2, 0.25) is 0 Å². The van der Waals surface area contributed by atoms with Crippen LogP contribution in [0.4, 0.5) is 5.69 Å². The highest BCUT2D eigenvalue weighted by Gasteiger charge is 2.10. The number of nitrogens with zero attached hydrogens (tertiary/aromatic N) is 4. The minimum atomic E-state index is -0.643. The minimum Gasteiger partial charge on any atom is -0.462 e. The molecule has 1 aromatic carbocycles. The Hall–Kier alpha value is -3.30. The van der Waals surface area contributed by atoms with Crippen molar-refractivity contribution in [1.29, 1.82) is 0 Å². The van der Waals surface area contributed by atoms with Crippen molar-refractivity contribution in [2.75, 3.05) is 18.5 Å². The Morgan fingerprint density at radius 2 is 1.92 bits per heavy atom. The van der Waals surface area contributed by atoms with Crippen LogP contribution in [0.5, 0.6) is 0 Å². The molecule has 10 heteroatoms. The lowest BCUT2D eigenvalue weighted by atomic mass is 10.2. The van der Waals surface area contributed by atoms with Crippen molar-refractivity contribution >= 4 is 23.5 Å². The summed E-state index contributed by atoms with van der Waals surface area (Å²) in [6, 6.07) is 6.15. The van der Waals surface area contributed by atoms with Crippen LogP contribution in [0, 0.1) is 0 Å². The summed E-state index contributed by atoms with van der Waals surface area (Å²) in [5.74, 6) is -1.59. The van der Waals surface area contributed by atoms with Gasteiger partial charge in [-0.1, -0.05) is 0 Å². The Morgan fingerprint density at radius 3 is 2.54 bits per heavy atom. The van der Waals surface area contributed by atoms with E-state index in [-0.39, 0.29) is 13.2 Å². The number of carbonyl (C=O) groups is 3. The largest absolute Gasteiger partial charge is 0.462 e. The molecular formula is C14H15N5O5. The van der Waals surface area contributed by atoms with E-state index in [1.165, 1.54) is 23.1 Å². The van der Waals surface area contributed by atoms with Crippen molar-refractivity contribution in [2.24, 2.45) is 0 Å². The molecule has 0 atom stereocenters. The molecule has 10 nitrogen and oxygen atoms in total. The molecule has 0 bridgehead atoms. The van der Waals surface area contributed by atoms with Crippen molar-refractivity contribution < 1.29 is 23.9 Å². The topological polar surface area (TPSA) is 125 Å². The molecule has 0 aliphatic heterocycles. The molecule has 0 saturated carbocycles. The third-order valence-corrected chi connectivity index (χ3v) is 2.73. The minimum absolute atomic E-state index is 0.186. The number of hydrogen-bond acceptors (Lipinski definition) is 8. The van der Waals surface area contributed by atoms with E-state index in [0.29, 0.717) is 11.3 Å². The van der Waals surface area contributed by atoms with Crippen LogP contribution in [0.3, 0.4) is 0 Å². The number of hydrogen-bond donors (Lipinski definition) is 1. The van der Waals surface area contributed by atoms with E-state index in [1.807, 2.05) is 0 Å². The molecular weight excluding hydrogens is 318 g/mol. The Balaban J connectivity index is 1.77. The zero-order chi connectivity index (χ0) is 17.4. The highest BCUT2D eigenvalue weighted by atomic mass is 16.5. The highest BCUT2D eigenvalue weighted by molar-refractivity contribution is 5.94. The molecule has 1 aromatic heterocycles. The van der Waals surface area contributed by atoms with Gasteiger partial charge in [-0.05, 0) is 41.6 Å². The second-order valence-corrected chi connectivity index (χ2v) is 4.51. The number of anilines is 1. The van der Waals surface area contributed by atoms with Crippen molar-refractivity contribution in [2.45, 2.75) is 13.5 Å². The SMILES string of the molecule is CCOC(=O)c1ccc(NC(=O)COC(=O)Cn2cnnn2)cc1. The van der Waals surface area contributed by atoms with Gasteiger partial charge in [-0.2, -0.15) is 0 Å². The van der Waals surface area contributed by atoms with Gasteiger partial charge in [0.05, 0.1) is 12.2 Å².